The molecule has 0 bridgehead atoms. The van der Waals surface area contributed by atoms with Gasteiger partial charge in [-0.25, -0.2) is 0 Å². The Bertz CT molecular complexity index is 27.7. The molecule has 0 aliphatic carbocycles. The van der Waals surface area contributed by atoms with Gasteiger partial charge in [0.05, 0.1) is 0 Å². The van der Waals surface area contributed by atoms with Crippen molar-refractivity contribution in [2.75, 3.05) is 5.88 Å². The Morgan fingerprint density at radius 3 is 2.12 bits per heavy atom. The van der Waals surface area contributed by atoms with Crippen molar-refractivity contribution in [1.29, 1.82) is 0 Å². The van der Waals surface area contributed by atoms with Crippen molar-refractivity contribution < 1.29 is 0 Å². The van der Waals surface area contributed by atoms with E-state index in [0.29, 0.717) is 0 Å². The van der Waals surface area contributed by atoms with Gasteiger partial charge in [0.25, 0.3) is 0 Å². The maximum absolute atomic E-state index is 5.44. The molecule has 52 valence electrons. The normalized spacial score (nSPS) is 8.25. The Morgan fingerprint density at radius 1 is 1.12 bits per heavy atom. The van der Waals surface area contributed by atoms with Crippen molar-refractivity contribution in [3.63, 3.8) is 0 Å². The van der Waals surface area contributed by atoms with Gasteiger partial charge in [0, 0.05) is 5.88 Å². The Labute approximate surface area is 57.0 Å². The van der Waals surface area contributed by atoms with E-state index < -0.39 is 0 Å². The van der Waals surface area contributed by atoms with Crippen molar-refractivity contribution >= 4 is 11.6 Å². The first kappa shape index (κ1) is 11.1. The van der Waals surface area contributed by atoms with Gasteiger partial charge in [-0.15, -0.1) is 11.6 Å². The van der Waals surface area contributed by atoms with Crippen molar-refractivity contribution in [3.05, 3.63) is 0 Å². The number of hydrogen-bond donors (Lipinski definition) is 1. The summed E-state index contributed by atoms with van der Waals surface area (Å²) < 4.78 is 0. The molecule has 0 spiro atoms. The van der Waals surface area contributed by atoms with Gasteiger partial charge < -0.3 is 6.15 Å². The second kappa shape index (κ2) is 10.3. The van der Waals surface area contributed by atoms with Gasteiger partial charge in [-0.1, -0.05) is 26.2 Å². The van der Waals surface area contributed by atoms with E-state index in [9.17, 15) is 0 Å². The third-order valence-corrected chi connectivity index (χ3v) is 1.25. The van der Waals surface area contributed by atoms with Crippen LogP contribution in [0.25, 0.3) is 0 Å². The van der Waals surface area contributed by atoms with Crippen LogP contribution < -0.4 is 6.15 Å². The number of unbranched alkanes of at least 4 members (excludes halogenated alkanes) is 3. The second-order valence-electron chi connectivity index (χ2n) is 1.75. The molecule has 8 heavy (non-hydrogen) atoms. The van der Waals surface area contributed by atoms with Gasteiger partial charge in [-0.05, 0) is 6.42 Å². The molecule has 0 aliphatic heterocycles. The van der Waals surface area contributed by atoms with Gasteiger partial charge in [0.15, 0.2) is 0 Å². The van der Waals surface area contributed by atoms with Crippen LogP contribution in [0.2, 0.25) is 0 Å². The van der Waals surface area contributed by atoms with Crippen LogP contribution in [0.15, 0.2) is 0 Å². The fourth-order valence-corrected chi connectivity index (χ4v) is 0.710. The van der Waals surface area contributed by atoms with E-state index in [1.54, 1.807) is 0 Å². The maximum Gasteiger partial charge on any atom is 0.0223 e. The van der Waals surface area contributed by atoms with E-state index in [0.717, 1.165) is 5.88 Å². The SMILES string of the molecule is CCCCCCCl.N. The molecular weight excluding hydrogens is 122 g/mol. The highest BCUT2D eigenvalue weighted by Gasteiger charge is 1.81. The third kappa shape index (κ3) is 9.54. The van der Waals surface area contributed by atoms with Crippen LogP contribution >= 0.6 is 11.6 Å². The van der Waals surface area contributed by atoms with Gasteiger partial charge in [0.2, 0.25) is 0 Å². The van der Waals surface area contributed by atoms with E-state index in [1.165, 1.54) is 25.7 Å². The Morgan fingerprint density at radius 2 is 1.75 bits per heavy atom. The molecule has 0 rings (SSSR count). The highest BCUT2D eigenvalue weighted by atomic mass is 35.5. The lowest BCUT2D eigenvalue weighted by atomic mass is 10.2. The standard InChI is InChI=1S/C6H13Cl.H3N/c1-2-3-4-5-6-7;/h2-6H2,1H3;1H3. The lowest BCUT2D eigenvalue weighted by molar-refractivity contribution is 0.705. The van der Waals surface area contributed by atoms with Crippen LogP contribution in [0.1, 0.15) is 32.6 Å². The largest absolute Gasteiger partial charge is 0.344 e. The Kier molecular flexibility index (Phi) is 14.3. The lowest BCUT2D eigenvalue weighted by Crippen LogP contribution is -1.74. The number of halogens is 1. The highest BCUT2D eigenvalue weighted by Crippen LogP contribution is 1.98. The van der Waals surface area contributed by atoms with Crippen LogP contribution in [0.4, 0.5) is 0 Å². The average Bonchev–Trinajstić information content (AvgIpc) is 1.69. The predicted octanol–water partition coefficient (Wildman–Crippen LogP) is 2.97. The topological polar surface area (TPSA) is 35.0 Å². The number of hydrogen-bond acceptors (Lipinski definition) is 1. The first-order valence-electron chi connectivity index (χ1n) is 2.97. The molecule has 0 heterocycles. The first-order valence-corrected chi connectivity index (χ1v) is 3.51. The van der Waals surface area contributed by atoms with Crippen molar-refractivity contribution in [3.8, 4) is 0 Å². The summed E-state index contributed by atoms with van der Waals surface area (Å²) in [7, 11) is 0. The maximum atomic E-state index is 5.44. The van der Waals surface area contributed by atoms with Gasteiger partial charge in [-0.3, -0.25) is 0 Å². The molecular formula is C6H16ClN. The molecule has 2 heteroatoms. The van der Waals surface area contributed by atoms with Crippen molar-refractivity contribution in [2.24, 2.45) is 0 Å². The fourth-order valence-electron chi connectivity index (χ4n) is 0.521. The molecule has 0 atom stereocenters. The van der Waals surface area contributed by atoms with E-state index in [-0.39, 0.29) is 6.15 Å². The summed E-state index contributed by atoms with van der Waals surface area (Å²) in [6.07, 6.45) is 5.14. The van der Waals surface area contributed by atoms with Gasteiger partial charge in [0.1, 0.15) is 0 Å². The zero-order chi connectivity index (χ0) is 5.54. The molecule has 0 fully saturated rings. The smallest absolute Gasteiger partial charge is 0.0223 e. The fraction of sp³-hybridized carbons (Fsp3) is 1.00. The van der Waals surface area contributed by atoms with E-state index in [2.05, 4.69) is 6.92 Å². The molecule has 1 nitrogen and oxygen atoms in total. The summed E-state index contributed by atoms with van der Waals surface area (Å²) in [5.41, 5.74) is 0. The summed E-state index contributed by atoms with van der Waals surface area (Å²) in [4.78, 5) is 0. The zero-order valence-electron chi connectivity index (χ0n) is 5.62. The number of alkyl halides is 1. The number of rotatable bonds is 4. The minimum absolute atomic E-state index is 0. The molecule has 0 aromatic heterocycles. The average molecular weight is 138 g/mol. The molecule has 0 amide bonds. The van der Waals surface area contributed by atoms with Crippen LogP contribution in [0, 0.1) is 0 Å². The second-order valence-corrected chi connectivity index (χ2v) is 2.13. The Hall–Kier alpha value is 0.250. The van der Waals surface area contributed by atoms with Crippen LogP contribution in [-0.4, -0.2) is 5.88 Å². The van der Waals surface area contributed by atoms with E-state index in [1.807, 2.05) is 0 Å². The molecule has 0 aromatic carbocycles. The summed E-state index contributed by atoms with van der Waals surface area (Å²) in [6.45, 7) is 2.20. The molecule has 0 aliphatic rings. The monoisotopic (exact) mass is 137 g/mol. The summed E-state index contributed by atoms with van der Waals surface area (Å²) >= 11 is 5.44. The predicted molar refractivity (Wildman–Crippen MR) is 39.9 cm³/mol. The van der Waals surface area contributed by atoms with Gasteiger partial charge in [-0.2, -0.15) is 0 Å². The quantitative estimate of drug-likeness (QED) is 0.469. The van der Waals surface area contributed by atoms with Crippen molar-refractivity contribution in [1.82, 2.24) is 6.15 Å². The molecule has 0 saturated carbocycles. The Balaban J connectivity index is 0. The van der Waals surface area contributed by atoms with Crippen LogP contribution in [0.3, 0.4) is 0 Å². The molecule has 0 radical (unpaired) electrons. The minimum Gasteiger partial charge on any atom is -0.344 e. The van der Waals surface area contributed by atoms with E-state index in [4.69, 9.17) is 11.6 Å². The summed E-state index contributed by atoms with van der Waals surface area (Å²) in [5.74, 6) is 0.833. The van der Waals surface area contributed by atoms with Crippen LogP contribution in [0.5, 0.6) is 0 Å². The van der Waals surface area contributed by atoms with E-state index >= 15 is 0 Å². The highest BCUT2D eigenvalue weighted by molar-refractivity contribution is 6.17. The van der Waals surface area contributed by atoms with Gasteiger partial charge >= 0.3 is 0 Å². The lowest BCUT2D eigenvalue weighted by Gasteiger charge is -1.89. The molecule has 0 saturated heterocycles. The molecule has 3 N–H and O–H groups in total. The molecule has 0 aromatic rings. The summed E-state index contributed by atoms with van der Waals surface area (Å²) in [6, 6.07) is 0. The third-order valence-electron chi connectivity index (χ3n) is 0.987. The first-order chi connectivity index (χ1) is 3.41. The zero-order valence-corrected chi connectivity index (χ0v) is 6.38. The minimum atomic E-state index is 0. The van der Waals surface area contributed by atoms with Crippen molar-refractivity contribution in [2.45, 2.75) is 32.6 Å². The van der Waals surface area contributed by atoms with Crippen LogP contribution in [-0.2, 0) is 0 Å². The molecule has 0 unspecified atom stereocenters. The summed E-state index contributed by atoms with van der Waals surface area (Å²) in [5, 5.41) is 0.